The van der Waals surface area contributed by atoms with Gasteiger partial charge in [0.25, 0.3) is 5.91 Å². The molecule has 0 unspecified atom stereocenters. The van der Waals surface area contributed by atoms with Crippen molar-refractivity contribution in [3.8, 4) is 0 Å². The largest absolute Gasteiger partial charge is 0.345 e. The average Bonchev–Trinajstić information content (AvgIpc) is 3.11. The molecule has 1 amide bonds. The summed E-state index contributed by atoms with van der Waals surface area (Å²) in [5, 5.41) is 1.45. The fraction of sp³-hybridized carbons (Fsp3) is 0.263. The highest BCUT2D eigenvalue weighted by atomic mass is 35.5. The first-order chi connectivity index (χ1) is 13.3. The molecule has 0 atom stereocenters. The summed E-state index contributed by atoms with van der Waals surface area (Å²) < 4.78 is 24.3. The number of anilines is 1. The van der Waals surface area contributed by atoms with Crippen LogP contribution in [-0.2, 0) is 9.84 Å². The van der Waals surface area contributed by atoms with Gasteiger partial charge in [-0.3, -0.25) is 4.79 Å². The average molecular weight is 436 g/mol. The molecule has 9 heteroatoms. The molecule has 28 heavy (non-hydrogen) atoms. The van der Waals surface area contributed by atoms with Crippen molar-refractivity contribution in [3.63, 3.8) is 0 Å². The Hall–Kier alpha value is -2.16. The van der Waals surface area contributed by atoms with E-state index in [-0.39, 0.29) is 5.91 Å². The summed E-state index contributed by atoms with van der Waals surface area (Å²) in [5.41, 5.74) is 1.42. The van der Waals surface area contributed by atoms with Crippen LogP contribution >= 0.6 is 22.9 Å². The Morgan fingerprint density at radius 1 is 1.07 bits per heavy atom. The van der Waals surface area contributed by atoms with Crippen LogP contribution in [0.3, 0.4) is 0 Å². The highest BCUT2D eigenvalue weighted by Gasteiger charge is 2.24. The van der Waals surface area contributed by atoms with E-state index in [0.29, 0.717) is 41.7 Å². The lowest BCUT2D eigenvalue weighted by Crippen LogP contribution is -2.48. The van der Waals surface area contributed by atoms with Crippen molar-refractivity contribution in [1.82, 2.24) is 9.88 Å². The number of hydrogen-bond acceptors (Lipinski definition) is 6. The SMILES string of the molecule is CS(=O)(=O)c1ccc2nc(N3CCN(C(=O)c4ccc(Cl)cc4)CC3)sc2c1. The number of sulfone groups is 1. The summed E-state index contributed by atoms with van der Waals surface area (Å²) in [7, 11) is -3.24. The number of carbonyl (C=O) groups is 1. The number of carbonyl (C=O) groups excluding carboxylic acids is 1. The predicted octanol–water partition coefficient (Wildman–Crippen LogP) is 3.32. The number of rotatable bonds is 3. The van der Waals surface area contributed by atoms with Crippen molar-refractivity contribution in [2.45, 2.75) is 4.90 Å². The van der Waals surface area contributed by atoms with Crippen molar-refractivity contribution in [3.05, 3.63) is 53.1 Å². The molecule has 2 heterocycles. The number of halogens is 1. The number of nitrogens with zero attached hydrogens (tertiary/aromatic N) is 3. The maximum Gasteiger partial charge on any atom is 0.253 e. The van der Waals surface area contributed by atoms with Crippen LogP contribution in [0.25, 0.3) is 10.2 Å². The van der Waals surface area contributed by atoms with Gasteiger partial charge in [-0.1, -0.05) is 22.9 Å². The number of aromatic nitrogens is 1. The van der Waals surface area contributed by atoms with Gasteiger partial charge in [-0.15, -0.1) is 0 Å². The lowest BCUT2D eigenvalue weighted by molar-refractivity contribution is 0.0747. The first kappa shape index (κ1) is 19.2. The maximum atomic E-state index is 12.6. The fourth-order valence-corrected chi connectivity index (χ4v) is 5.04. The second kappa shape index (κ2) is 7.35. The Balaban J connectivity index is 1.47. The van der Waals surface area contributed by atoms with Crippen LogP contribution in [0.2, 0.25) is 5.02 Å². The third-order valence-electron chi connectivity index (χ3n) is 4.71. The zero-order valence-corrected chi connectivity index (χ0v) is 17.5. The number of thiazole rings is 1. The molecule has 0 N–H and O–H groups in total. The number of piperazine rings is 1. The number of benzene rings is 2. The van der Waals surface area contributed by atoms with Gasteiger partial charge in [0.1, 0.15) is 0 Å². The Morgan fingerprint density at radius 3 is 2.39 bits per heavy atom. The van der Waals surface area contributed by atoms with E-state index in [4.69, 9.17) is 11.6 Å². The minimum atomic E-state index is -3.24. The van der Waals surface area contributed by atoms with E-state index in [2.05, 4.69) is 9.88 Å². The van der Waals surface area contributed by atoms with Gasteiger partial charge in [-0.05, 0) is 42.5 Å². The number of fused-ring (bicyclic) bond motifs is 1. The van der Waals surface area contributed by atoms with Gasteiger partial charge in [0.2, 0.25) is 0 Å². The molecular weight excluding hydrogens is 418 g/mol. The molecule has 1 saturated heterocycles. The zero-order chi connectivity index (χ0) is 19.9. The van der Waals surface area contributed by atoms with Crippen molar-refractivity contribution < 1.29 is 13.2 Å². The Morgan fingerprint density at radius 2 is 1.75 bits per heavy atom. The number of hydrogen-bond donors (Lipinski definition) is 0. The maximum absolute atomic E-state index is 12.6. The highest BCUT2D eigenvalue weighted by molar-refractivity contribution is 7.90. The van der Waals surface area contributed by atoms with Gasteiger partial charge in [-0.25, -0.2) is 13.4 Å². The van der Waals surface area contributed by atoms with E-state index in [1.807, 2.05) is 4.90 Å². The van der Waals surface area contributed by atoms with Crippen LogP contribution in [0.5, 0.6) is 0 Å². The van der Waals surface area contributed by atoms with Gasteiger partial charge >= 0.3 is 0 Å². The Bertz CT molecular complexity index is 1130. The second-order valence-corrected chi connectivity index (χ2v) is 10.1. The third-order valence-corrected chi connectivity index (χ3v) is 7.15. The zero-order valence-electron chi connectivity index (χ0n) is 15.1. The minimum absolute atomic E-state index is 0.00147. The van der Waals surface area contributed by atoms with Gasteiger partial charge < -0.3 is 9.80 Å². The van der Waals surface area contributed by atoms with Gasteiger partial charge in [0.05, 0.1) is 15.1 Å². The van der Waals surface area contributed by atoms with Gasteiger partial charge in [0.15, 0.2) is 15.0 Å². The summed E-state index contributed by atoms with van der Waals surface area (Å²) in [6, 6.07) is 11.9. The molecule has 146 valence electrons. The summed E-state index contributed by atoms with van der Waals surface area (Å²) in [5.74, 6) is -0.00147. The molecule has 2 aromatic carbocycles. The molecular formula is C19H18ClN3O3S2. The first-order valence-electron chi connectivity index (χ1n) is 8.72. The van der Waals surface area contributed by atoms with Crippen LogP contribution in [0.4, 0.5) is 5.13 Å². The molecule has 1 aliphatic heterocycles. The van der Waals surface area contributed by atoms with Crippen LogP contribution in [0.15, 0.2) is 47.4 Å². The van der Waals surface area contributed by atoms with Gasteiger partial charge in [-0.2, -0.15) is 0 Å². The summed E-state index contributed by atoms with van der Waals surface area (Å²) in [6.45, 7) is 2.56. The summed E-state index contributed by atoms with van der Waals surface area (Å²) in [6.07, 6.45) is 1.20. The minimum Gasteiger partial charge on any atom is -0.345 e. The monoisotopic (exact) mass is 435 g/mol. The van der Waals surface area contributed by atoms with Crippen LogP contribution in [0, 0.1) is 0 Å². The molecule has 0 saturated carbocycles. The summed E-state index contributed by atoms with van der Waals surface area (Å²) in [4.78, 5) is 21.5. The smallest absolute Gasteiger partial charge is 0.253 e. The molecule has 3 aromatic rings. The topological polar surface area (TPSA) is 70.6 Å². The van der Waals surface area contributed by atoms with Crippen LogP contribution < -0.4 is 4.90 Å². The highest BCUT2D eigenvalue weighted by Crippen LogP contribution is 2.31. The molecule has 0 bridgehead atoms. The lowest BCUT2D eigenvalue weighted by atomic mass is 10.2. The Kier molecular flexibility index (Phi) is 5.03. The van der Waals surface area contributed by atoms with Crippen molar-refractivity contribution in [2.24, 2.45) is 0 Å². The van der Waals surface area contributed by atoms with Crippen molar-refractivity contribution >= 4 is 54.0 Å². The quantitative estimate of drug-likeness (QED) is 0.631. The molecule has 6 nitrogen and oxygen atoms in total. The third kappa shape index (κ3) is 3.85. The summed E-state index contributed by atoms with van der Waals surface area (Å²) >= 11 is 7.36. The van der Waals surface area contributed by atoms with Crippen LogP contribution in [0.1, 0.15) is 10.4 Å². The molecule has 0 radical (unpaired) electrons. The lowest BCUT2D eigenvalue weighted by Gasteiger charge is -2.34. The standard InChI is InChI=1S/C19H18ClN3O3S2/c1-28(25,26)15-6-7-16-17(12-15)27-19(21-16)23-10-8-22(9-11-23)18(24)13-2-4-14(20)5-3-13/h2-7,12H,8-11H2,1H3. The van der Waals surface area contributed by atoms with Gasteiger partial charge in [0, 0.05) is 43.0 Å². The van der Waals surface area contributed by atoms with E-state index in [0.717, 1.165) is 15.3 Å². The van der Waals surface area contributed by atoms with E-state index in [9.17, 15) is 13.2 Å². The second-order valence-electron chi connectivity index (χ2n) is 6.68. The fourth-order valence-electron chi connectivity index (χ4n) is 3.13. The van der Waals surface area contributed by atoms with E-state index in [1.54, 1.807) is 42.5 Å². The van der Waals surface area contributed by atoms with Crippen LogP contribution in [-0.4, -0.2) is 56.6 Å². The predicted molar refractivity (Wildman–Crippen MR) is 112 cm³/mol. The number of amides is 1. The molecule has 0 spiro atoms. The van der Waals surface area contributed by atoms with E-state index < -0.39 is 9.84 Å². The Labute approximate surface area is 172 Å². The van der Waals surface area contributed by atoms with E-state index >= 15 is 0 Å². The van der Waals surface area contributed by atoms with E-state index in [1.165, 1.54) is 17.6 Å². The molecule has 4 rings (SSSR count). The van der Waals surface area contributed by atoms with Crippen molar-refractivity contribution in [1.29, 1.82) is 0 Å². The molecule has 0 aliphatic carbocycles. The molecule has 1 fully saturated rings. The first-order valence-corrected chi connectivity index (χ1v) is 11.8. The molecule has 1 aliphatic rings. The van der Waals surface area contributed by atoms with Crippen molar-refractivity contribution in [2.75, 3.05) is 37.3 Å². The molecule has 1 aromatic heterocycles. The normalized spacial score (nSPS) is 15.2.